The summed E-state index contributed by atoms with van der Waals surface area (Å²) in [6.07, 6.45) is 0. The molecule has 0 aliphatic rings. The molecule has 1 nitrogen and oxygen atoms in total. The van der Waals surface area contributed by atoms with Crippen LogP contribution in [0.4, 0.5) is 0 Å². The second kappa shape index (κ2) is 6.08. The molecule has 102 valence electrons. The first-order chi connectivity index (χ1) is 9.04. The lowest BCUT2D eigenvalue weighted by Gasteiger charge is -2.20. The molecule has 1 aromatic carbocycles. The summed E-state index contributed by atoms with van der Waals surface area (Å²) in [5, 5.41) is 6.59. The van der Waals surface area contributed by atoms with Crippen LogP contribution in [0.1, 0.15) is 40.1 Å². The number of rotatable bonds is 4. The zero-order chi connectivity index (χ0) is 14.0. The maximum atomic E-state index is 6.44. The van der Waals surface area contributed by atoms with E-state index in [4.69, 9.17) is 11.6 Å². The Hall–Kier alpha value is -0.830. The largest absolute Gasteiger partial charge is 0.306 e. The molecule has 1 aromatic heterocycles. The Bertz CT molecular complexity index is 574. The van der Waals surface area contributed by atoms with Crippen LogP contribution >= 0.6 is 22.9 Å². The van der Waals surface area contributed by atoms with Crippen molar-refractivity contribution in [1.29, 1.82) is 0 Å². The minimum absolute atomic E-state index is 0.191. The summed E-state index contributed by atoms with van der Waals surface area (Å²) in [6.45, 7) is 9.41. The van der Waals surface area contributed by atoms with Gasteiger partial charge < -0.3 is 5.32 Å². The van der Waals surface area contributed by atoms with Crippen LogP contribution in [0.3, 0.4) is 0 Å². The third-order valence-corrected chi connectivity index (χ3v) is 5.11. The Morgan fingerprint density at radius 2 is 1.95 bits per heavy atom. The standard InChI is InChI=1S/C16H20ClNS/c1-5-18-15(16-14(17)12(4)9-19-16)13-7-6-10(2)8-11(13)3/h6-9,15,18H,5H2,1-4H3. The minimum atomic E-state index is 0.191. The SMILES string of the molecule is CCNC(c1ccc(C)cc1C)c1scc(C)c1Cl. The molecule has 1 atom stereocenters. The summed E-state index contributed by atoms with van der Waals surface area (Å²) >= 11 is 8.18. The van der Waals surface area contributed by atoms with Crippen LogP contribution in [-0.2, 0) is 0 Å². The van der Waals surface area contributed by atoms with Crippen molar-refractivity contribution in [3.05, 3.63) is 55.7 Å². The topological polar surface area (TPSA) is 12.0 Å². The molecule has 0 aliphatic heterocycles. The normalized spacial score (nSPS) is 12.7. The summed E-state index contributed by atoms with van der Waals surface area (Å²) in [5.74, 6) is 0. The summed E-state index contributed by atoms with van der Waals surface area (Å²) < 4.78 is 0. The molecule has 19 heavy (non-hydrogen) atoms. The number of halogens is 1. The molecule has 2 rings (SSSR count). The Balaban J connectivity index is 2.48. The molecular formula is C16H20ClNS. The molecule has 0 radical (unpaired) electrons. The fourth-order valence-electron chi connectivity index (χ4n) is 2.34. The van der Waals surface area contributed by atoms with Gasteiger partial charge in [-0.3, -0.25) is 0 Å². The van der Waals surface area contributed by atoms with Crippen LogP contribution in [0, 0.1) is 20.8 Å². The van der Waals surface area contributed by atoms with E-state index in [1.165, 1.54) is 21.6 Å². The first-order valence-electron chi connectivity index (χ1n) is 6.58. The average Bonchev–Trinajstić information content (AvgIpc) is 2.68. The molecule has 0 bridgehead atoms. The fraction of sp³-hybridized carbons (Fsp3) is 0.375. The molecular weight excluding hydrogens is 274 g/mol. The predicted octanol–water partition coefficient (Wildman–Crippen LogP) is 5.03. The van der Waals surface area contributed by atoms with E-state index in [9.17, 15) is 0 Å². The van der Waals surface area contributed by atoms with E-state index in [1.54, 1.807) is 11.3 Å². The van der Waals surface area contributed by atoms with Gasteiger partial charge in [-0.05, 0) is 49.4 Å². The second-order valence-corrected chi connectivity index (χ2v) is 6.24. The van der Waals surface area contributed by atoms with E-state index >= 15 is 0 Å². The van der Waals surface area contributed by atoms with Gasteiger partial charge in [0.2, 0.25) is 0 Å². The molecule has 2 aromatic rings. The molecule has 1 heterocycles. The summed E-state index contributed by atoms with van der Waals surface area (Å²) in [4.78, 5) is 1.22. The van der Waals surface area contributed by atoms with Crippen molar-refractivity contribution in [2.75, 3.05) is 6.54 Å². The highest BCUT2D eigenvalue weighted by atomic mass is 35.5. The molecule has 3 heteroatoms. The van der Waals surface area contributed by atoms with Gasteiger partial charge in [-0.1, -0.05) is 42.3 Å². The lowest BCUT2D eigenvalue weighted by atomic mass is 9.98. The van der Waals surface area contributed by atoms with Crippen LogP contribution in [0.15, 0.2) is 23.6 Å². The number of hydrogen-bond donors (Lipinski definition) is 1. The van der Waals surface area contributed by atoms with Crippen LogP contribution in [0.25, 0.3) is 0 Å². The number of aryl methyl sites for hydroxylation is 3. The summed E-state index contributed by atoms with van der Waals surface area (Å²) in [7, 11) is 0. The Kier molecular flexibility index (Phi) is 4.67. The number of thiophene rings is 1. The van der Waals surface area contributed by atoms with Gasteiger partial charge in [0.25, 0.3) is 0 Å². The van der Waals surface area contributed by atoms with Crippen molar-refractivity contribution < 1.29 is 0 Å². The highest BCUT2D eigenvalue weighted by molar-refractivity contribution is 7.10. The highest BCUT2D eigenvalue weighted by Crippen LogP contribution is 2.36. The number of hydrogen-bond acceptors (Lipinski definition) is 2. The molecule has 0 saturated carbocycles. The van der Waals surface area contributed by atoms with Crippen molar-refractivity contribution in [2.45, 2.75) is 33.7 Å². The van der Waals surface area contributed by atoms with Gasteiger partial charge in [0.05, 0.1) is 11.1 Å². The van der Waals surface area contributed by atoms with E-state index in [1.807, 2.05) is 0 Å². The maximum absolute atomic E-state index is 6.44. The molecule has 0 fully saturated rings. The lowest BCUT2D eigenvalue weighted by Crippen LogP contribution is -2.22. The van der Waals surface area contributed by atoms with Crippen LogP contribution < -0.4 is 5.32 Å². The molecule has 0 amide bonds. The monoisotopic (exact) mass is 293 g/mol. The molecule has 0 saturated heterocycles. The minimum Gasteiger partial charge on any atom is -0.306 e. The van der Waals surface area contributed by atoms with Crippen LogP contribution in [-0.4, -0.2) is 6.54 Å². The quantitative estimate of drug-likeness (QED) is 0.834. The zero-order valence-corrected chi connectivity index (χ0v) is 13.5. The van der Waals surface area contributed by atoms with Gasteiger partial charge in [-0.25, -0.2) is 0 Å². The molecule has 0 aliphatic carbocycles. The molecule has 0 spiro atoms. The van der Waals surface area contributed by atoms with E-state index in [0.29, 0.717) is 0 Å². The fourth-order valence-corrected chi connectivity index (χ4v) is 3.74. The van der Waals surface area contributed by atoms with Gasteiger partial charge in [0.1, 0.15) is 0 Å². The van der Waals surface area contributed by atoms with E-state index in [2.05, 4.69) is 56.6 Å². The summed E-state index contributed by atoms with van der Waals surface area (Å²) in [6, 6.07) is 6.80. The van der Waals surface area contributed by atoms with Gasteiger partial charge in [0.15, 0.2) is 0 Å². The Morgan fingerprint density at radius 3 is 2.47 bits per heavy atom. The van der Waals surface area contributed by atoms with Gasteiger partial charge >= 0.3 is 0 Å². The highest BCUT2D eigenvalue weighted by Gasteiger charge is 2.20. The Labute approximate surface area is 124 Å². The van der Waals surface area contributed by atoms with Crippen molar-refractivity contribution >= 4 is 22.9 Å². The second-order valence-electron chi connectivity index (χ2n) is 4.95. The van der Waals surface area contributed by atoms with E-state index in [-0.39, 0.29) is 6.04 Å². The van der Waals surface area contributed by atoms with Crippen molar-refractivity contribution in [1.82, 2.24) is 5.32 Å². The smallest absolute Gasteiger partial charge is 0.0688 e. The summed E-state index contributed by atoms with van der Waals surface area (Å²) in [5.41, 5.74) is 5.09. The molecule has 1 unspecified atom stereocenters. The lowest BCUT2D eigenvalue weighted by molar-refractivity contribution is 0.636. The average molecular weight is 294 g/mol. The first-order valence-corrected chi connectivity index (χ1v) is 7.84. The Morgan fingerprint density at radius 1 is 1.21 bits per heavy atom. The maximum Gasteiger partial charge on any atom is 0.0688 e. The number of benzene rings is 1. The van der Waals surface area contributed by atoms with Crippen molar-refractivity contribution in [3.8, 4) is 0 Å². The predicted molar refractivity (Wildman–Crippen MR) is 85.5 cm³/mol. The van der Waals surface area contributed by atoms with Gasteiger partial charge in [-0.15, -0.1) is 11.3 Å². The first kappa shape index (κ1) is 14.6. The van der Waals surface area contributed by atoms with E-state index < -0.39 is 0 Å². The number of nitrogens with one attached hydrogen (secondary N) is 1. The third kappa shape index (κ3) is 3.02. The third-order valence-electron chi connectivity index (χ3n) is 3.33. The van der Waals surface area contributed by atoms with Crippen LogP contribution in [0.2, 0.25) is 5.02 Å². The van der Waals surface area contributed by atoms with Crippen LogP contribution in [0.5, 0.6) is 0 Å². The van der Waals surface area contributed by atoms with Crippen molar-refractivity contribution in [2.24, 2.45) is 0 Å². The molecule has 1 N–H and O–H groups in total. The van der Waals surface area contributed by atoms with Gasteiger partial charge in [0, 0.05) is 4.88 Å². The zero-order valence-electron chi connectivity index (χ0n) is 11.9. The van der Waals surface area contributed by atoms with Gasteiger partial charge in [-0.2, -0.15) is 0 Å². The van der Waals surface area contributed by atoms with Crippen molar-refractivity contribution in [3.63, 3.8) is 0 Å². The van der Waals surface area contributed by atoms with E-state index in [0.717, 1.165) is 17.1 Å².